The van der Waals surface area contributed by atoms with Crippen LogP contribution in [0.1, 0.15) is 13.3 Å². The highest BCUT2D eigenvalue weighted by atomic mass is 32.2. The van der Waals surface area contributed by atoms with Gasteiger partial charge in [-0.05, 0) is 42.8 Å². The van der Waals surface area contributed by atoms with Crippen molar-refractivity contribution < 1.29 is 22.1 Å². The molecule has 5 nitrogen and oxygen atoms in total. The molecule has 0 aliphatic rings. The van der Waals surface area contributed by atoms with Crippen molar-refractivity contribution in [2.75, 3.05) is 5.75 Å². The van der Waals surface area contributed by atoms with Crippen LogP contribution in [-0.4, -0.2) is 18.7 Å². The molecule has 3 aromatic carbocycles. The molecule has 0 radical (unpaired) electrons. The zero-order valence-electron chi connectivity index (χ0n) is 15.5. The van der Waals surface area contributed by atoms with E-state index >= 15 is 0 Å². The molecule has 0 unspecified atom stereocenters. The number of hydrogen-bond donors (Lipinski definition) is 1. The van der Waals surface area contributed by atoms with E-state index < -0.39 is 17.5 Å². The summed E-state index contributed by atoms with van der Waals surface area (Å²) < 4.78 is 47.1. The van der Waals surface area contributed by atoms with E-state index in [1.807, 2.05) is 91.0 Å². The molecule has 28 heavy (non-hydrogen) atoms. The Morgan fingerprint density at radius 1 is 0.786 bits per heavy atom. The largest absolute Gasteiger partial charge is 0.437 e. The monoisotopic (exact) mass is 418 g/mol. The van der Waals surface area contributed by atoms with Crippen molar-refractivity contribution in [3.63, 3.8) is 0 Å². The van der Waals surface area contributed by atoms with E-state index in [2.05, 4.69) is 0 Å². The summed E-state index contributed by atoms with van der Waals surface area (Å²) in [6.45, 7) is 1.69. The van der Waals surface area contributed by atoms with Gasteiger partial charge in [-0.2, -0.15) is 8.42 Å². The molecule has 0 saturated heterocycles. The summed E-state index contributed by atoms with van der Waals surface area (Å²) in [5.74, 6) is 0.473. The van der Waals surface area contributed by atoms with Crippen molar-refractivity contribution in [1.29, 1.82) is 0 Å². The lowest BCUT2D eigenvalue weighted by atomic mass is 10.3. The van der Waals surface area contributed by atoms with Crippen LogP contribution in [0.5, 0.6) is 5.75 Å². The molecule has 148 valence electrons. The topological polar surface area (TPSA) is 80.7 Å². The van der Waals surface area contributed by atoms with Gasteiger partial charge >= 0.3 is 7.37 Å². The van der Waals surface area contributed by atoms with Crippen molar-refractivity contribution >= 4 is 28.1 Å². The maximum atomic E-state index is 13.6. The molecule has 0 spiro atoms. The van der Waals surface area contributed by atoms with Crippen LogP contribution >= 0.6 is 7.37 Å². The maximum absolute atomic E-state index is 13.6. The predicted molar refractivity (Wildman–Crippen MR) is 114 cm³/mol. The molecule has 3 aromatic rings. The third-order valence-electron chi connectivity index (χ3n) is 3.63. The van der Waals surface area contributed by atoms with Gasteiger partial charge < -0.3 is 4.52 Å². The van der Waals surface area contributed by atoms with E-state index in [9.17, 15) is 13.0 Å². The Kier molecular flexibility index (Phi) is 8.00. The number of hydrogen-bond acceptors (Lipinski definition) is 4. The van der Waals surface area contributed by atoms with Crippen LogP contribution in [-0.2, 0) is 14.7 Å². The minimum absolute atomic E-state index is 0.132. The SMILES string of the molecule is CCCS(=O)(=O)O.O=P(Oc1ccccc1)(c1ccccc1)c1ccccc1. The fourth-order valence-electron chi connectivity index (χ4n) is 2.39. The predicted octanol–water partition coefficient (Wildman–Crippen LogP) is 4.28. The standard InChI is InChI=1S/C18H15O2P.C3H8O3S/c19-21(17-12-6-2-7-13-17,18-14-8-3-9-15-18)20-16-10-4-1-5-11-16;1-2-3-7(4,5)6/h1-15H;2-3H2,1H3,(H,4,5,6). The first-order chi connectivity index (χ1) is 13.3. The molecule has 0 aromatic heterocycles. The van der Waals surface area contributed by atoms with Gasteiger partial charge in [-0.1, -0.05) is 61.5 Å². The maximum Gasteiger partial charge on any atom is 0.306 e. The third kappa shape index (κ3) is 6.64. The van der Waals surface area contributed by atoms with E-state index in [1.165, 1.54) is 0 Å². The normalized spacial score (nSPS) is 11.2. The zero-order chi connectivity index (χ0) is 20.5. The van der Waals surface area contributed by atoms with Crippen LogP contribution in [0, 0.1) is 0 Å². The molecule has 0 aliphatic heterocycles. The summed E-state index contributed by atoms with van der Waals surface area (Å²) in [5, 5.41) is 1.39. The second-order valence-electron chi connectivity index (χ2n) is 5.91. The highest BCUT2D eigenvalue weighted by Crippen LogP contribution is 2.44. The van der Waals surface area contributed by atoms with Gasteiger partial charge in [-0.25, -0.2) is 0 Å². The molecule has 7 heteroatoms. The molecule has 0 bridgehead atoms. The van der Waals surface area contributed by atoms with Gasteiger partial charge in [0.25, 0.3) is 10.1 Å². The smallest absolute Gasteiger partial charge is 0.306 e. The summed E-state index contributed by atoms with van der Waals surface area (Å²) in [5.41, 5.74) is 0. The Labute approximate surface area is 166 Å². The van der Waals surface area contributed by atoms with Crippen LogP contribution < -0.4 is 15.1 Å². The van der Waals surface area contributed by atoms with Crippen molar-refractivity contribution in [2.45, 2.75) is 13.3 Å². The average Bonchev–Trinajstić information content (AvgIpc) is 2.70. The lowest BCUT2D eigenvalue weighted by Crippen LogP contribution is -2.19. The molecule has 3 rings (SSSR count). The number of benzene rings is 3. The second kappa shape index (κ2) is 10.2. The third-order valence-corrected chi connectivity index (χ3v) is 6.98. The Morgan fingerprint density at radius 3 is 1.50 bits per heavy atom. The van der Waals surface area contributed by atoms with Crippen LogP contribution in [0.3, 0.4) is 0 Å². The number of para-hydroxylation sites is 1. The quantitative estimate of drug-likeness (QED) is 0.477. The first kappa shape index (κ1) is 21.9. The summed E-state index contributed by atoms with van der Waals surface area (Å²) in [4.78, 5) is 0. The summed E-state index contributed by atoms with van der Waals surface area (Å²) >= 11 is 0. The van der Waals surface area contributed by atoms with Gasteiger partial charge in [0, 0.05) is 0 Å². The average molecular weight is 418 g/mol. The summed E-state index contributed by atoms with van der Waals surface area (Å²) in [7, 11) is -6.82. The fraction of sp³-hybridized carbons (Fsp3) is 0.143. The van der Waals surface area contributed by atoms with Crippen molar-refractivity contribution in [3.05, 3.63) is 91.0 Å². The fourth-order valence-corrected chi connectivity index (χ4v) is 4.96. The molecule has 0 amide bonds. The second-order valence-corrected chi connectivity index (χ2v) is 9.80. The van der Waals surface area contributed by atoms with Gasteiger partial charge in [-0.3, -0.25) is 9.12 Å². The first-order valence-electron chi connectivity index (χ1n) is 8.76. The Balaban J connectivity index is 0.000000345. The van der Waals surface area contributed by atoms with Crippen LogP contribution in [0.2, 0.25) is 0 Å². The molecule has 0 fully saturated rings. The van der Waals surface area contributed by atoms with Crippen molar-refractivity contribution in [1.82, 2.24) is 0 Å². The van der Waals surface area contributed by atoms with Crippen molar-refractivity contribution in [3.8, 4) is 5.75 Å². The summed E-state index contributed by atoms with van der Waals surface area (Å²) in [6, 6.07) is 28.0. The minimum atomic E-state index is -3.67. The van der Waals surface area contributed by atoms with Gasteiger partial charge in [0.1, 0.15) is 5.75 Å². The first-order valence-corrected chi connectivity index (χ1v) is 12.0. The van der Waals surface area contributed by atoms with Gasteiger partial charge in [-0.15, -0.1) is 0 Å². The zero-order valence-corrected chi connectivity index (χ0v) is 17.2. The molecule has 0 atom stereocenters. The lowest BCUT2D eigenvalue weighted by Gasteiger charge is -2.20. The van der Waals surface area contributed by atoms with Crippen LogP contribution in [0.25, 0.3) is 0 Å². The molecular formula is C21H23O5PS. The van der Waals surface area contributed by atoms with E-state index in [1.54, 1.807) is 6.92 Å². The molecule has 0 heterocycles. The van der Waals surface area contributed by atoms with Gasteiger partial charge in [0.15, 0.2) is 0 Å². The Hall–Kier alpha value is -2.40. The van der Waals surface area contributed by atoms with E-state index in [0.29, 0.717) is 22.8 Å². The van der Waals surface area contributed by atoms with Crippen LogP contribution in [0.15, 0.2) is 91.0 Å². The molecule has 1 N–H and O–H groups in total. The lowest BCUT2D eigenvalue weighted by molar-refractivity contribution is 0.482. The Bertz CT molecular complexity index is 947. The highest BCUT2D eigenvalue weighted by molar-refractivity contribution is 7.85. The van der Waals surface area contributed by atoms with Gasteiger partial charge in [0.05, 0.1) is 16.4 Å². The van der Waals surface area contributed by atoms with Gasteiger partial charge in [0.2, 0.25) is 0 Å². The molecule has 0 aliphatic carbocycles. The van der Waals surface area contributed by atoms with E-state index in [-0.39, 0.29) is 5.75 Å². The van der Waals surface area contributed by atoms with E-state index in [4.69, 9.17) is 9.08 Å². The molecule has 0 saturated carbocycles. The number of rotatable bonds is 6. The minimum Gasteiger partial charge on any atom is -0.437 e. The Morgan fingerprint density at radius 2 is 1.18 bits per heavy atom. The van der Waals surface area contributed by atoms with E-state index in [0.717, 1.165) is 0 Å². The molecular weight excluding hydrogens is 395 g/mol. The van der Waals surface area contributed by atoms with Crippen molar-refractivity contribution in [2.24, 2.45) is 0 Å². The summed E-state index contributed by atoms with van der Waals surface area (Å²) in [6.07, 6.45) is 0.471. The van der Waals surface area contributed by atoms with Crippen LogP contribution in [0.4, 0.5) is 0 Å². The highest BCUT2D eigenvalue weighted by Gasteiger charge is 2.29.